The molecule has 1 atom stereocenters. The van der Waals surface area contributed by atoms with E-state index in [4.69, 9.17) is 0 Å². The third-order valence-corrected chi connectivity index (χ3v) is 7.22. The molecule has 0 aliphatic heterocycles. The molecule has 0 spiro atoms. The number of hydrogen-bond acceptors (Lipinski definition) is 4. The zero-order chi connectivity index (χ0) is 22.8. The first-order chi connectivity index (χ1) is 15.4. The molecule has 0 aliphatic carbocycles. The van der Waals surface area contributed by atoms with E-state index in [0.717, 1.165) is 33.8 Å². The van der Waals surface area contributed by atoms with Gasteiger partial charge in [0.05, 0.1) is 12.2 Å². The summed E-state index contributed by atoms with van der Waals surface area (Å²) in [7, 11) is 1.67. The molecule has 0 bridgehead atoms. The van der Waals surface area contributed by atoms with E-state index in [1.54, 1.807) is 7.05 Å². The van der Waals surface area contributed by atoms with Gasteiger partial charge in [0.15, 0.2) is 5.75 Å². The largest absolute Gasteiger partial charge is 0.396 e. The molecule has 2 N–H and O–H groups in total. The van der Waals surface area contributed by atoms with Crippen molar-refractivity contribution in [2.45, 2.75) is 38.3 Å². The van der Waals surface area contributed by atoms with Gasteiger partial charge in [0.25, 0.3) is 10.6 Å². The Hall–Kier alpha value is -2.61. The molecule has 0 fully saturated rings. The molecule has 1 unspecified atom stereocenters. The van der Waals surface area contributed by atoms with E-state index in [1.807, 2.05) is 29.0 Å². The molecule has 7 heteroatoms. The monoisotopic (exact) mass is 452 g/mol. The quantitative estimate of drug-likeness (QED) is 0.397. The summed E-state index contributed by atoms with van der Waals surface area (Å²) < 4.78 is 14.5. The minimum absolute atomic E-state index is 0.00416. The molecule has 0 amide bonds. The van der Waals surface area contributed by atoms with Crippen molar-refractivity contribution >= 4 is 32.7 Å². The molecule has 168 valence electrons. The van der Waals surface area contributed by atoms with E-state index in [1.165, 1.54) is 4.68 Å². The lowest BCUT2D eigenvalue weighted by atomic mass is 10.0. The van der Waals surface area contributed by atoms with Gasteiger partial charge in [0.1, 0.15) is 5.39 Å². The summed E-state index contributed by atoms with van der Waals surface area (Å²) in [4.78, 5) is 13.2. The average molecular weight is 453 g/mol. The molecule has 2 aromatic heterocycles. The molecular formula is C25H30N3O3S+. The van der Waals surface area contributed by atoms with Crippen LogP contribution in [0.4, 0.5) is 0 Å². The third kappa shape index (κ3) is 4.33. The Bertz CT molecular complexity index is 1300. The minimum Gasteiger partial charge on any atom is -0.396 e. The summed E-state index contributed by atoms with van der Waals surface area (Å²) in [5.41, 5.74) is 1.79. The highest BCUT2D eigenvalue weighted by Crippen LogP contribution is 2.29. The van der Waals surface area contributed by atoms with Gasteiger partial charge in [-0.3, -0.25) is 4.79 Å². The standard InChI is InChI=1S/C25H30N3O3S/c1-17(2)14-22-21-16-28(15-19-10-6-9-18-8-4-5-11-20(18)19)25(32(31)13-7-12-29)23(21)24(30)27(3)26-22/h4-6,8-11,16-17,29,31H,7,12-15H2,1-3H3/q+1. The van der Waals surface area contributed by atoms with Crippen molar-refractivity contribution in [3.8, 4) is 0 Å². The van der Waals surface area contributed by atoms with Gasteiger partial charge in [0, 0.05) is 31.7 Å². The summed E-state index contributed by atoms with van der Waals surface area (Å²) in [6.45, 7) is 4.80. The summed E-state index contributed by atoms with van der Waals surface area (Å²) in [5.74, 6) is 0.797. The molecule has 0 saturated carbocycles. The number of rotatable bonds is 8. The summed E-state index contributed by atoms with van der Waals surface area (Å²) >= 11 is -1.17. The minimum atomic E-state index is -1.17. The first-order valence-corrected chi connectivity index (χ1v) is 12.3. The number of aromatic nitrogens is 3. The molecule has 0 saturated heterocycles. The highest BCUT2D eigenvalue weighted by atomic mass is 32.2. The second kappa shape index (κ2) is 9.48. The Morgan fingerprint density at radius 3 is 2.59 bits per heavy atom. The van der Waals surface area contributed by atoms with Gasteiger partial charge in [-0.25, -0.2) is 4.68 Å². The molecule has 0 aliphatic rings. The van der Waals surface area contributed by atoms with Crippen molar-refractivity contribution in [2.24, 2.45) is 13.0 Å². The SMILES string of the molecule is CC(C)Cc1nn(C)c(=O)c2c([S+](O)CCCO)n(Cc3cccc4ccccc34)cc12. The Morgan fingerprint density at radius 1 is 1.09 bits per heavy atom. The maximum atomic E-state index is 13.2. The maximum Gasteiger partial charge on any atom is 0.281 e. The number of aliphatic hydroxyl groups excluding tert-OH is 1. The predicted octanol–water partition coefficient (Wildman–Crippen LogP) is 3.97. The number of fused-ring (bicyclic) bond motifs is 2. The van der Waals surface area contributed by atoms with Crippen LogP contribution in [0.25, 0.3) is 21.5 Å². The van der Waals surface area contributed by atoms with Crippen molar-refractivity contribution < 1.29 is 9.66 Å². The Kier molecular flexibility index (Phi) is 6.69. The average Bonchev–Trinajstić information content (AvgIpc) is 3.15. The molecule has 0 radical (unpaired) electrons. The van der Waals surface area contributed by atoms with Gasteiger partial charge in [-0.2, -0.15) is 9.65 Å². The van der Waals surface area contributed by atoms with E-state index in [0.29, 0.717) is 35.0 Å². The van der Waals surface area contributed by atoms with E-state index in [2.05, 4.69) is 43.2 Å². The van der Waals surface area contributed by atoms with Gasteiger partial charge in [-0.05, 0) is 28.7 Å². The molecule has 32 heavy (non-hydrogen) atoms. The van der Waals surface area contributed by atoms with Crippen LogP contribution in [0.5, 0.6) is 0 Å². The maximum absolute atomic E-state index is 13.2. The van der Waals surface area contributed by atoms with Crippen LogP contribution in [0.3, 0.4) is 0 Å². The predicted molar refractivity (Wildman–Crippen MR) is 131 cm³/mol. The van der Waals surface area contributed by atoms with Gasteiger partial charge in [0.2, 0.25) is 11.2 Å². The first kappa shape index (κ1) is 22.6. The van der Waals surface area contributed by atoms with Crippen molar-refractivity contribution in [3.05, 3.63) is 70.3 Å². The van der Waals surface area contributed by atoms with Crippen LogP contribution in [0.1, 0.15) is 31.5 Å². The fourth-order valence-corrected chi connectivity index (χ4v) is 5.64. The Balaban J connectivity index is 1.94. The van der Waals surface area contributed by atoms with E-state index in [9.17, 15) is 14.5 Å². The summed E-state index contributed by atoms with van der Waals surface area (Å²) in [6, 6.07) is 14.4. The smallest absolute Gasteiger partial charge is 0.281 e. The summed E-state index contributed by atoms with van der Waals surface area (Å²) in [5, 5.41) is 18.1. The second-order valence-electron chi connectivity index (χ2n) is 8.61. The van der Waals surface area contributed by atoms with Crippen LogP contribution in [0, 0.1) is 5.92 Å². The molecule has 2 aromatic carbocycles. The Morgan fingerprint density at radius 2 is 1.84 bits per heavy atom. The van der Waals surface area contributed by atoms with Crippen LogP contribution in [-0.4, -0.2) is 36.4 Å². The van der Waals surface area contributed by atoms with Gasteiger partial charge >= 0.3 is 0 Å². The zero-order valence-corrected chi connectivity index (χ0v) is 19.6. The first-order valence-electron chi connectivity index (χ1n) is 11.0. The van der Waals surface area contributed by atoms with Crippen LogP contribution in [-0.2, 0) is 31.2 Å². The van der Waals surface area contributed by atoms with Gasteiger partial charge in [-0.1, -0.05) is 56.3 Å². The lowest BCUT2D eigenvalue weighted by Crippen LogP contribution is -2.24. The van der Waals surface area contributed by atoms with Crippen molar-refractivity contribution in [1.29, 1.82) is 0 Å². The van der Waals surface area contributed by atoms with Crippen LogP contribution in [0.2, 0.25) is 0 Å². The normalized spacial score (nSPS) is 12.8. The van der Waals surface area contributed by atoms with Crippen LogP contribution < -0.4 is 5.56 Å². The summed E-state index contributed by atoms with van der Waals surface area (Å²) in [6.07, 6.45) is 3.21. The van der Waals surface area contributed by atoms with Gasteiger partial charge < -0.3 is 9.67 Å². The van der Waals surface area contributed by atoms with Crippen molar-refractivity contribution in [2.75, 3.05) is 12.4 Å². The fraction of sp³-hybridized carbons (Fsp3) is 0.360. The topological polar surface area (TPSA) is 80.3 Å². The number of hydrogen-bond donors (Lipinski definition) is 2. The number of aryl methyl sites for hydroxylation is 1. The van der Waals surface area contributed by atoms with Crippen molar-refractivity contribution in [1.82, 2.24) is 14.3 Å². The number of aliphatic hydroxyl groups is 1. The lowest BCUT2D eigenvalue weighted by molar-refractivity contribution is 0.295. The van der Waals surface area contributed by atoms with Crippen LogP contribution >= 0.6 is 0 Å². The highest BCUT2D eigenvalue weighted by Gasteiger charge is 2.32. The van der Waals surface area contributed by atoms with Crippen molar-refractivity contribution in [3.63, 3.8) is 0 Å². The van der Waals surface area contributed by atoms with E-state index in [-0.39, 0.29) is 12.2 Å². The zero-order valence-electron chi connectivity index (χ0n) is 18.8. The number of benzene rings is 2. The molecule has 2 heterocycles. The van der Waals surface area contributed by atoms with E-state index >= 15 is 0 Å². The molecular weight excluding hydrogens is 422 g/mol. The Labute approximate surface area is 190 Å². The number of nitrogens with zero attached hydrogens (tertiary/aromatic N) is 3. The lowest BCUT2D eigenvalue weighted by Gasteiger charge is -2.10. The van der Waals surface area contributed by atoms with E-state index < -0.39 is 11.2 Å². The molecule has 4 rings (SSSR count). The second-order valence-corrected chi connectivity index (χ2v) is 10.1. The fourth-order valence-electron chi connectivity index (χ4n) is 4.23. The molecule has 4 aromatic rings. The molecule has 6 nitrogen and oxygen atoms in total. The third-order valence-electron chi connectivity index (χ3n) is 5.66. The van der Waals surface area contributed by atoms with Gasteiger partial charge in [-0.15, -0.1) is 0 Å². The highest BCUT2D eigenvalue weighted by molar-refractivity contribution is 7.91. The van der Waals surface area contributed by atoms with Crippen LogP contribution in [0.15, 0.2) is 58.5 Å².